The normalized spacial score (nSPS) is 16.0. The molecule has 0 amide bonds. The summed E-state index contributed by atoms with van der Waals surface area (Å²) < 4.78 is 7.19. The Balaban J connectivity index is 0.00000182. The maximum atomic E-state index is 6.39. The zero-order valence-electron chi connectivity index (χ0n) is 14.3. The second kappa shape index (κ2) is 6.57. The van der Waals surface area contributed by atoms with E-state index >= 15 is 0 Å². The van der Waals surface area contributed by atoms with E-state index in [1.165, 1.54) is 5.56 Å². The maximum absolute atomic E-state index is 6.39. The molecule has 0 bridgehead atoms. The lowest BCUT2D eigenvalue weighted by molar-refractivity contribution is 0.372. The molecule has 25 heavy (non-hydrogen) atoms. The third-order valence-corrected chi connectivity index (χ3v) is 4.74. The average molecular weight is 361 g/mol. The van der Waals surface area contributed by atoms with Crippen LogP contribution < -0.4 is 5.73 Å². The Bertz CT molecular complexity index is 864. The van der Waals surface area contributed by atoms with E-state index in [9.17, 15) is 0 Å². The molecule has 2 heterocycles. The molecule has 3 aromatic rings. The first-order valence-electron chi connectivity index (χ1n) is 8.20. The Kier molecular flexibility index (Phi) is 4.62. The van der Waals surface area contributed by atoms with Crippen molar-refractivity contribution in [3.8, 4) is 17.3 Å². The molecular formula is C17H21ClN6O. The number of halogens is 1. The number of hydrogen-bond acceptors (Lipinski definition) is 6. The van der Waals surface area contributed by atoms with Gasteiger partial charge in [0.2, 0.25) is 0 Å². The van der Waals surface area contributed by atoms with E-state index in [-0.39, 0.29) is 12.4 Å². The maximum Gasteiger partial charge on any atom is 0.280 e. The molecule has 1 aromatic carbocycles. The molecule has 2 N–H and O–H groups in total. The van der Waals surface area contributed by atoms with Gasteiger partial charge in [0.25, 0.3) is 5.89 Å². The number of benzene rings is 1. The van der Waals surface area contributed by atoms with E-state index in [0.717, 1.165) is 37.1 Å². The van der Waals surface area contributed by atoms with Crippen molar-refractivity contribution in [2.45, 2.75) is 45.1 Å². The highest BCUT2D eigenvalue weighted by molar-refractivity contribution is 5.85. The molecule has 132 valence electrons. The van der Waals surface area contributed by atoms with E-state index in [0.29, 0.717) is 17.4 Å². The van der Waals surface area contributed by atoms with Crippen LogP contribution in [-0.4, -0.2) is 25.1 Å². The van der Waals surface area contributed by atoms with Crippen LogP contribution in [0, 0.1) is 13.8 Å². The number of aryl methyl sites for hydroxylation is 1. The van der Waals surface area contributed by atoms with Crippen LogP contribution in [0.3, 0.4) is 0 Å². The number of hydrogen-bond donors (Lipinski definition) is 1. The highest BCUT2D eigenvalue weighted by Crippen LogP contribution is 2.35. The van der Waals surface area contributed by atoms with Crippen molar-refractivity contribution in [1.29, 1.82) is 0 Å². The van der Waals surface area contributed by atoms with E-state index in [1.54, 1.807) is 4.68 Å². The van der Waals surface area contributed by atoms with Crippen molar-refractivity contribution >= 4 is 12.4 Å². The molecule has 7 nitrogen and oxygen atoms in total. The second-order valence-electron chi connectivity index (χ2n) is 6.56. The van der Waals surface area contributed by atoms with Crippen LogP contribution in [0.5, 0.6) is 0 Å². The van der Waals surface area contributed by atoms with Crippen molar-refractivity contribution in [2.75, 3.05) is 0 Å². The summed E-state index contributed by atoms with van der Waals surface area (Å²) in [4.78, 5) is 4.50. The zero-order chi connectivity index (χ0) is 16.7. The topological polar surface area (TPSA) is 95.7 Å². The molecule has 0 unspecified atom stereocenters. The smallest absolute Gasteiger partial charge is 0.280 e. The number of rotatable bonds is 3. The Morgan fingerprint density at radius 3 is 2.48 bits per heavy atom. The quantitative estimate of drug-likeness (QED) is 0.771. The van der Waals surface area contributed by atoms with Crippen LogP contribution >= 0.6 is 12.4 Å². The first-order chi connectivity index (χ1) is 11.6. The molecule has 1 fully saturated rings. The molecule has 1 saturated carbocycles. The lowest BCUT2D eigenvalue weighted by Gasteiger charge is -2.17. The van der Waals surface area contributed by atoms with Gasteiger partial charge in [-0.25, -0.2) is 4.68 Å². The van der Waals surface area contributed by atoms with E-state index in [1.807, 2.05) is 31.2 Å². The predicted molar refractivity (Wildman–Crippen MR) is 95.7 cm³/mol. The molecule has 2 aromatic heterocycles. The standard InChI is InChI=1S/C17H20N6O.ClH/c1-11-5-7-13(8-6-11)23-12(2)14(20-22-23)15-19-16(21-24-15)17(18)9-3-4-10-17;/h5-8H,3-4,9-10,18H2,1-2H3;1H. The number of nitrogens with two attached hydrogens (primary N) is 1. The first-order valence-corrected chi connectivity index (χ1v) is 8.20. The highest BCUT2D eigenvalue weighted by Gasteiger charge is 2.36. The zero-order valence-corrected chi connectivity index (χ0v) is 15.1. The molecule has 0 saturated heterocycles. The van der Waals surface area contributed by atoms with E-state index in [2.05, 4.69) is 27.4 Å². The van der Waals surface area contributed by atoms with Crippen LogP contribution in [0.15, 0.2) is 28.8 Å². The fraction of sp³-hybridized carbons (Fsp3) is 0.412. The summed E-state index contributed by atoms with van der Waals surface area (Å²) in [7, 11) is 0. The van der Waals surface area contributed by atoms with Gasteiger partial charge in [0.1, 0.15) is 0 Å². The van der Waals surface area contributed by atoms with E-state index in [4.69, 9.17) is 10.3 Å². The molecule has 0 radical (unpaired) electrons. The van der Waals surface area contributed by atoms with Gasteiger partial charge >= 0.3 is 0 Å². The van der Waals surface area contributed by atoms with Gasteiger partial charge in [-0.1, -0.05) is 40.9 Å². The minimum atomic E-state index is -0.470. The lowest BCUT2D eigenvalue weighted by Crippen LogP contribution is -2.34. The molecule has 8 heteroatoms. The fourth-order valence-corrected chi connectivity index (χ4v) is 3.21. The molecule has 0 spiro atoms. The molecule has 0 aliphatic heterocycles. The van der Waals surface area contributed by atoms with Gasteiger partial charge in [-0.15, -0.1) is 17.5 Å². The summed E-state index contributed by atoms with van der Waals surface area (Å²) in [6, 6.07) is 8.10. The summed E-state index contributed by atoms with van der Waals surface area (Å²) in [6.07, 6.45) is 3.98. The van der Waals surface area contributed by atoms with Crippen LogP contribution in [0.1, 0.15) is 42.8 Å². The largest absolute Gasteiger partial charge is 0.332 e. The third kappa shape index (κ3) is 3.05. The highest BCUT2D eigenvalue weighted by atomic mass is 35.5. The monoisotopic (exact) mass is 360 g/mol. The molecule has 4 rings (SSSR count). The van der Waals surface area contributed by atoms with Gasteiger partial charge in [-0.3, -0.25) is 0 Å². The number of aromatic nitrogens is 5. The first kappa shape index (κ1) is 17.6. The average Bonchev–Trinajstić information content (AvgIpc) is 3.28. The van der Waals surface area contributed by atoms with Crippen molar-refractivity contribution in [2.24, 2.45) is 5.73 Å². The lowest BCUT2D eigenvalue weighted by atomic mass is 9.99. The minimum Gasteiger partial charge on any atom is -0.332 e. The summed E-state index contributed by atoms with van der Waals surface area (Å²) in [5.74, 6) is 0.942. The Morgan fingerprint density at radius 2 is 1.80 bits per heavy atom. The Hall–Kier alpha value is -2.25. The van der Waals surface area contributed by atoms with Crippen LogP contribution in [0.4, 0.5) is 0 Å². The molecular weight excluding hydrogens is 340 g/mol. The van der Waals surface area contributed by atoms with Crippen LogP contribution in [-0.2, 0) is 5.54 Å². The molecule has 0 atom stereocenters. The summed E-state index contributed by atoms with van der Waals surface area (Å²) in [5, 5.41) is 12.5. The van der Waals surface area contributed by atoms with Crippen molar-refractivity contribution in [3.05, 3.63) is 41.3 Å². The van der Waals surface area contributed by atoms with Gasteiger partial charge in [-0.05, 0) is 38.8 Å². The summed E-state index contributed by atoms with van der Waals surface area (Å²) >= 11 is 0. The van der Waals surface area contributed by atoms with Gasteiger partial charge in [0.15, 0.2) is 11.5 Å². The van der Waals surface area contributed by atoms with Crippen LogP contribution in [0.2, 0.25) is 0 Å². The third-order valence-electron chi connectivity index (χ3n) is 4.74. The fourth-order valence-electron chi connectivity index (χ4n) is 3.21. The second-order valence-corrected chi connectivity index (χ2v) is 6.56. The Morgan fingerprint density at radius 1 is 1.12 bits per heavy atom. The van der Waals surface area contributed by atoms with Gasteiger partial charge in [-0.2, -0.15) is 4.98 Å². The van der Waals surface area contributed by atoms with E-state index < -0.39 is 5.54 Å². The summed E-state index contributed by atoms with van der Waals surface area (Å²) in [6.45, 7) is 3.99. The SMILES string of the molecule is Cc1ccc(-n2nnc(-c3nc(C4(N)CCCC4)no3)c2C)cc1.Cl. The number of nitrogens with zero attached hydrogens (tertiary/aromatic N) is 5. The minimum absolute atomic E-state index is 0. The molecule has 1 aliphatic rings. The van der Waals surface area contributed by atoms with Crippen molar-refractivity contribution in [1.82, 2.24) is 25.1 Å². The molecule has 1 aliphatic carbocycles. The van der Waals surface area contributed by atoms with Crippen molar-refractivity contribution in [3.63, 3.8) is 0 Å². The summed E-state index contributed by atoms with van der Waals surface area (Å²) in [5.41, 5.74) is 9.52. The van der Waals surface area contributed by atoms with Crippen LogP contribution in [0.25, 0.3) is 17.3 Å². The Labute approximate surface area is 152 Å². The van der Waals surface area contributed by atoms with Gasteiger partial charge < -0.3 is 10.3 Å². The van der Waals surface area contributed by atoms with Crippen molar-refractivity contribution < 1.29 is 4.52 Å². The predicted octanol–water partition coefficient (Wildman–Crippen LogP) is 3.08. The van der Waals surface area contributed by atoms with Gasteiger partial charge in [0, 0.05) is 0 Å². The van der Waals surface area contributed by atoms with Gasteiger partial charge in [0.05, 0.1) is 16.9 Å².